The van der Waals surface area contributed by atoms with Crippen LogP contribution in [0.5, 0.6) is 5.75 Å². The monoisotopic (exact) mass is 251 g/mol. The van der Waals surface area contributed by atoms with Gasteiger partial charge in [-0.05, 0) is 19.4 Å². The van der Waals surface area contributed by atoms with Crippen LogP contribution in [0.1, 0.15) is 30.4 Å². The highest BCUT2D eigenvalue weighted by Gasteiger charge is 2.39. The van der Waals surface area contributed by atoms with E-state index in [2.05, 4.69) is 0 Å². The SMILES string of the molecule is CC[C@H]1C(O)Oc2ccc(C)cc2[C@H]1C[N+](=O)[O-]. The van der Waals surface area contributed by atoms with Gasteiger partial charge in [-0.25, -0.2) is 0 Å². The number of hydrogen-bond donors (Lipinski definition) is 1. The van der Waals surface area contributed by atoms with E-state index in [1.54, 1.807) is 6.07 Å². The lowest BCUT2D eigenvalue weighted by atomic mass is 9.81. The van der Waals surface area contributed by atoms with Crippen LogP contribution >= 0.6 is 0 Å². The van der Waals surface area contributed by atoms with Gasteiger partial charge in [0.2, 0.25) is 12.8 Å². The molecule has 3 atom stereocenters. The summed E-state index contributed by atoms with van der Waals surface area (Å²) in [6.45, 7) is 3.68. The van der Waals surface area contributed by atoms with Crippen molar-refractivity contribution in [3.63, 3.8) is 0 Å². The number of aliphatic hydroxyl groups excluding tert-OH is 1. The Morgan fingerprint density at radius 1 is 1.50 bits per heavy atom. The molecule has 18 heavy (non-hydrogen) atoms. The van der Waals surface area contributed by atoms with E-state index in [1.807, 2.05) is 26.0 Å². The van der Waals surface area contributed by atoms with Crippen LogP contribution in [0.4, 0.5) is 0 Å². The normalized spacial score (nSPS) is 26.3. The molecule has 0 fully saturated rings. The predicted octanol–water partition coefficient (Wildman–Crippen LogP) is 2.09. The summed E-state index contributed by atoms with van der Waals surface area (Å²) in [4.78, 5) is 10.5. The summed E-state index contributed by atoms with van der Waals surface area (Å²) >= 11 is 0. The zero-order valence-electron chi connectivity index (χ0n) is 10.5. The van der Waals surface area contributed by atoms with E-state index in [9.17, 15) is 15.2 Å². The standard InChI is InChI=1S/C13H17NO4/c1-3-9-11(7-14(16)17)10-6-8(2)4-5-12(10)18-13(9)15/h4-6,9,11,13,15H,3,7H2,1-2H3/t9-,11+,13?/m1/s1. The zero-order chi connectivity index (χ0) is 13.3. The smallest absolute Gasteiger partial charge is 0.211 e. The number of hydrogen-bond acceptors (Lipinski definition) is 4. The van der Waals surface area contributed by atoms with Gasteiger partial charge in [-0.1, -0.05) is 24.6 Å². The van der Waals surface area contributed by atoms with Crippen LogP contribution in [0.3, 0.4) is 0 Å². The zero-order valence-corrected chi connectivity index (χ0v) is 10.5. The van der Waals surface area contributed by atoms with Gasteiger partial charge in [0.1, 0.15) is 5.75 Å². The Morgan fingerprint density at radius 2 is 2.22 bits per heavy atom. The van der Waals surface area contributed by atoms with Gasteiger partial charge in [0.15, 0.2) is 0 Å². The van der Waals surface area contributed by atoms with E-state index < -0.39 is 6.29 Å². The number of benzene rings is 1. The van der Waals surface area contributed by atoms with E-state index in [-0.39, 0.29) is 23.3 Å². The van der Waals surface area contributed by atoms with Crippen molar-refractivity contribution < 1.29 is 14.8 Å². The quantitative estimate of drug-likeness (QED) is 0.659. The Hall–Kier alpha value is -1.62. The van der Waals surface area contributed by atoms with Gasteiger partial charge in [0.25, 0.3) is 0 Å². The Kier molecular flexibility index (Phi) is 3.52. The molecule has 1 aromatic rings. The molecular formula is C13H17NO4. The third-order valence-electron chi connectivity index (χ3n) is 3.51. The van der Waals surface area contributed by atoms with E-state index >= 15 is 0 Å². The van der Waals surface area contributed by atoms with Crippen molar-refractivity contribution in [2.24, 2.45) is 5.92 Å². The molecule has 1 aliphatic heterocycles. The maximum atomic E-state index is 10.8. The molecule has 1 N–H and O–H groups in total. The first kappa shape index (κ1) is 12.8. The molecule has 1 unspecified atom stereocenters. The molecule has 0 aromatic heterocycles. The second-order valence-corrected chi connectivity index (χ2v) is 4.74. The molecule has 0 amide bonds. The molecule has 5 nitrogen and oxygen atoms in total. The first-order valence-electron chi connectivity index (χ1n) is 6.10. The van der Waals surface area contributed by atoms with Crippen LogP contribution in [0, 0.1) is 23.0 Å². The first-order valence-corrected chi connectivity index (χ1v) is 6.10. The maximum absolute atomic E-state index is 10.8. The van der Waals surface area contributed by atoms with Gasteiger partial charge in [-0.15, -0.1) is 0 Å². The van der Waals surface area contributed by atoms with Gasteiger partial charge >= 0.3 is 0 Å². The second kappa shape index (κ2) is 4.94. The maximum Gasteiger partial charge on any atom is 0.211 e. The van der Waals surface area contributed by atoms with E-state index in [0.717, 1.165) is 11.1 Å². The number of nitro groups is 1. The van der Waals surface area contributed by atoms with Crippen molar-refractivity contribution in [1.29, 1.82) is 0 Å². The lowest BCUT2D eigenvalue weighted by Crippen LogP contribution is -2.38. The fraction of sp³-hybridized carbons (Fsp3) is 0.538. The van der Waals surface area contributed by atoms with Gasteiger partial charge in [-0.3, -0.25) is 10.1 Å². The van der Waals surface area contributed by atoms with Crippen LogP contribution in [0.15, 0.2) is 18.2 Å². The third kappa shape index (κ3) is 2.31. The Morgan fingerprint density at radius 3 is 2.83 bits per heavy atom. The topological polar surface area (TPSA) is 72.6 Å². The summed E-state index contributed by atoms with van der Waals surface area (Å²) in [5, 5.41) is 20.7. The first-order chi connectivity index (χ1) is 8.52. The summed E-state index contributed by atoms with van der Waals surface area (Å²) < 4.78 is 5.44. The van der Waals surface area contributed by atoms with E-state index in [1.165, 1.54) is 0 Å². The van der Waals surface area contributed by atoms with Crippen LogP contribution in [-0.4, -0.2) is 22.9 Å². The molecule has 0 radical (unpaired) electrons. The highest BCUT2D eigenvalue weighted by molar-refractivity contribution is 5.41. The predicted molar refractivity (Wildman–Crippen MR) is 66.2 cm³/mol. The molecule has 2 rings (SSSR count). The molecule has 0 aliphatic carbocycles. The largest absolute Gasteiger partial charge is 0.465 e. The average Bonchev–Trinajstić information content (AvgIpc) is 2.30. The molecule has 0 saturated heterocycles. The molecule has 0 spiro atoms. The number of rotatable bonds is 3. The highest BCUT2D eigenvalue weighted by Crippen LogP contribution is 2.41. The molecule has 1 aromatic carbocycles. The molecule has 1 aliphatic rings. The van der Waals surface area contributed by atoms with Crippen LogP contribution in [0.2, 0.25) is 0 Å². The van der Waals surface area contributed by atoms with E-state index in [0.29, 0.717) is 12.2 Å². The lowest BCUT2D eigenvalue weighted by molar-refractivity contribution is -0.486. The van der Waals surface area contributed by atoms with Crippen molar-refractivity contribution >= 4 is 0 Å². The summed E-state index contributed by atoms with van der Waals surface area (Å²) in [5.74, 6) is 0.0398. The molecule has 1 heterocycles. The minimum absolute atomic E-state index is 0.171. The molecule has 0 bridgehead atoms. The molecule has 98 valence electrons. The molecule has 5 heteroatoms. The fourth-order valence-electron chi connectivity index (χ4n) is 2.59. The number of nitrogens with zero attached hydrogens (tertiary/aromatic N) is 1. The van der Waals surface area contributed by atoms with Crippen molar-refractivity contribution in [1.82, 2.24) is 0 Å². The van der Waals surface area contributed by atoms with Crippen molar-refractivity contribution in [2.75, 3.05) is 6.54 Å². The Bertz CT molecular complexity index is 460. The summed E-state index contributed by atoms with van der Waals surface area (Å²) in [6.07, 6.45) is -0.317. The summed E-state index contributed by atoms with van der Waals surface area (Å²) in [7, 11) is 0. The van der Waals surface area contributed by atoms with Crippen molar-refractivity contribution in [3.05, 3.63) is 39.4 Å². The molecule has 0 saturated carbocycles. The lowest BCUT2D eigenvalue weighted by Gasteiger charge is -2.34. The van der Waals surface area contributed by atoms with E-state index in [4.69, 9.17) is 4.74 Å². The second-order valence-electron chi connectivity index (χ2n) is 4.74. The number of ether oxygens (including phenoxy) is 1. The Labute approximate surface area is 106 Å². The van der Waals surface area contributed by atoms with Gasteiger partial charge in [0.05, 0.1) is 5.92 Å². The third-order valence-corrected chi connectivity index (χ3v) is 3.51. The molecular weight excluding hydrogens is 234 g/mol. The summed E-state index contributed by atoms with van der Waals surface area (Å²) in [5.41, 5.74) is 1.88. The number of fused-ring (bicyclic) bond motifs is 1. The van der Waals surface area contributed by atoms with Crippen molar-refractivity contribution in [2.45, 2.75) is 32.5 Å². The van der Waals surface area contributed by atoms with Crippen LogP contribution in [0.25, 0.3) is 0 Å². The van der Waals surface area contributed by atoms with Gasteiger partial charge in [-0.2, -0.15) is 0 Å². The van der Waals surface area contributed by atoms with Crippen LogP contribution < -0.4 is 4.74 Å². The summed E-state index contributed by atoms with van der Waals surface area (Å²) in [6, 6.07) is 5.56. The highest BCUT2D eigenvalue weighted by atomic mass is 16.6. The number of aryl methyl sites for hydroxylation is 1. The van der Waals surface area contributed by atoms with Crippen molar-refractivity contribution in [3.8, 4) is 5.75 Å². The van der Waals surface area contributed by atoms with Gasteiger partial charge in [0, 0.05) is 16.4 Å². The van der Waals surface area contributed by atoms with Crippen LogP contribution in [-0.2, 0) is 0 Å². The number of aliphatic hydroxyl groups is 1. The minimum atomic E-state index is -0.963. The minimum Gasteiger partial charge on any atom is -0.465 e. The Balaban J connectivity index is 2.44. The fourth-order valence-corrected chi connectivity index (χ4v) is 2.59. The van der Waals surface area contributed by atoms with Gasteiger partial charge < -0.3 is 9.84 Å². The average molecular weight is 251 g/mol.